The van der Waals surface area contributed by atoms with Gasteiger partial charge < -0.3 is 15.0 Å². The van der Waals surface area contributed by atoms with E-state index in [0.717, 1.165) is 17.8 Å². The van der Waals surface area contributed by atoms with Crippen molar-refractivity contribution in [2.75, 3.05) is 6.61 Å². The first-order valence-corrected chi connectivity index (χ1v) is 10.8. The van der Waals surface area contributed by atoms with E-state index in [-0.39, 0.29) is 35.4 Å². The standard InChI is InChI=1S/C23H32N2O4/c1-12-20(14(3)26)13(2)24-21(12)22(28)29-11-19(27)25-15(4)23-8-16-5-17(9-23)7-18(6-16)10-23/h15-18,24H,5-11H2,1-4H3,(H,25,27)/t15-,16?,17?,18?,23?/m1/s1. The zero-order valence-corrected chi connectivity index (χ0v) is 17.9. The van der Waals surface area contributed by atoms with E-state index in [9.17, 15) is 14.4 Å². The third-order valence-corrected chi connectivity index (χ3v) is 7.71. The fraction of sp³-hybridized carbons (Fsp3) is 0.696. The van der Waals surface area contributed by atoms with Crippen LogP contribution in [-0.2, 0) is 9.53 Å². The summed E-state index contributed by atoms with van der Waals surface area (Å²) in [4.78, 5) is 39.6. The Morgan fingerprint density at radius 1 is 1.10 bits per heavy atom. The molecule has 4 aliphatic rings. The first kappa shape index (κ1) is 20.2. The normalized spacial score (nSPS) is 30.8. The molecule has 1 aromatic heterocycles. The molecule has 6 nitrogen and oxygen atoms in total. The highest BCUT2D eigenvalue weighted by Crippen LogP contribution is 2.61. The lowest BCUT2D eigenvalue weighted by Crippen LogP contribution is -2.56. The molecule has 1 aromatic rings. The number of carbonyl (C=O) groups is 3. The highest BCUT2D eigenvalue weighted by Gasteiger charge is 2.53. The van der Waals surface area contributed by atoms with Crippen molar-refractivity contribution in [3.8, 4) is 0 Å². The number of hydrogen-bond donors (Lipinski definition) is 2. The third-order valence-electron chi connectivity index (χ3n) is 7.71. The van der Waals surface area contributed by atoms with Gasteiger partial charge in [-0.3, -0.25) is 9.59 Å². The van der Waals surface area contributed by atoms with Crippen molar-refractivity contribution in [1.82, 2.24) is 10.3 Å². The molecule has 4 saturated carbocycles. The second kappa shape index (κ2) is 7.29. The van der Waals surface area contributed by atoms with Gasteiger partial charge in [-0.15, -0.1) is 0 Å². The van der Waals surface area contributed by atoms with E-state index in [1.807, 2.05) is 0 Å². The highest BCUT2D eigenvalue weighted by atomic mass is 16.5. The fourth-order valence-corrected chi connectivity index (χ4v) is 6.83. The first-order valence-electron chi connectivity index (χ1n) is 10.8. The lowest BCUT2D eigenvalue weighted by molar-refractivity contribution is -0.128. The van der Waals surface area contributed by atoms with Crippen LogP contribution in [0.3, 0.4) is 0 Å². The average Bonchev–Trinajstić information content (AvgIpc) is 2.93. The van der Waals surface area contributed by atoms with Crippen LogP contribution in [0.2, 0.25) is 0 Å². The molecule has 0 aromatic carbocycles. The Morgan fingerprint density at radius 2 is 1.66 bits per heavy atom. The third kappa shape index (κ3) is 3.62. The molecule has 4 aliphatic carbocycles. The van der Waals surface area contributed by atoms with Gasteiger partial charge in [-0.2, -0.15) is 0 Å². The van der Waals surface area contributed by atoms with E-state index >= 15 is 0 Å². The van der Waals surface area contributed by atoms with Crippen molar-refractivity contribution in [2.45, 2.75) is 72.3 Å². The van der Waals surface area contributed by atoms with Gasteiger partial charge in [0.1, 0.15) is 5.69 Å². The second-order valence-corrected chi connectivity index (χ2v) is 9.83. The molecule has 2 N–H and O–H groups in total. The van der Waals surface area contributed by atoms with E-state index in [1.54, 1.807) is 13.8 Å². The van der Waals surface area contributed by atoms with Crippen molar-refractivity contribution >= 4 is 17.7 Å². The molecule has 0 saturated heterocycles. The summed E-state index contributed by atoms with van der Waals surface area (Å²) < 4.78 is 5.25. The van der Waals surface area contributed by atoms with Crippen LogP contribution >= 0.6 is 0 Å². The summed E-state index contributed by atoms with van der Waals surface area (Å²) in [5.41, 5.74) is 2.19. The number of amides is 1. The molecule has 29 heavy (non-hydrogen) atoms. The quantitative estimate of drug-likeness (QED) is 0.563. The summed E-state index contributed by atoms with van der Waals surface area (Å²) in [7, 11) is 0. The first-order chi connectivity index (χ1) is 13.7. The summed E-state index contributed by atoms with van der Waals surface area (Å²) in [5.74, 6) is 1.52. The highest BCUT2D eigenvalue weighted by molar-refractivity contribution is 6.01. The van der Waals surface area contributed by atoms with Crippen LogP contribution in [0.15, 0.2) is 0 Å². The number of rotatable bonds is 6. The van der Waals surface area contributed by atoms with Crippen molar-refractivity contribution in [1.29, 1.82) is 0 Å². The number of nitrogens with one attached hydrogen (secondary N) is 2. The Labute approximate surface area is 172 Å². The van der Waals surface area contributed by atoms with Crippen LogP contribution in [0.1, 0.15) is 84.5 Å². The maximum atomic E-state index is 12.5. The molecular formula is C23H32N2O4. The lowest BCUT2D eigenvalue weighted by Gasteiger charge is -2.59. The smallest absolute Gasteiger partial charge is 0.355 e. The molecule has 1 amide bonds. The number of aromatic amines is 1. The van der Waals surface area contributed by atoms with Crippen LogP contribution in [0.25, 0.3) is 0 Å². The van der Waals surface area contributed by atoms with Crippen LogP contribution in [0.4, 0.5) is 0 Å². The zero-order valence-electron chi connectivity index (χ0n) is 17.9. The molecule has 0 aliphatic heterocycles. The van der Waals surface area contributed by atoms with Gasteiger partial charge in [0.15, 0.2) is 12.4 Å². The fourth-order valence-electron chi connectivity index (χ4n) is 6.83. The van der Waals surface area contributed by atoms with E-state index in [2.05, 4.69) is 17.2 Å². The molecule has 6 heteroatoms. The molecule has 4 fully saturated rings. The number of aromatic nitrogens is 1. The Kier molecular flexibility index (Phi) is 5.07. The predicted octanol–water partition coefficient (Wildman–Crippen LogP) is 3.71. The van der Waals surface area contributed by atoms with Crippen molar-refractivity contribution in [3.05, 3.63) is 22.5 Å². The van der Waals surface area contributed by atoms with E-state index in [0.29, 0.717) is 16.8 Å². The minimum atomic E-state index is -0.601. The largest absolute Gasteiger partial charge is 0.451 e. The Balaban J connectivity index is 1.34. The topological polar surface area (TPSA) is 88.3 Å². The lowest BCUT2D eigenvalue weighted by atomic mass is 9.48. The SMILES string of the molecule is CC(=O)c1c(C)[nH]c(C(=O)OCC(=O)N[C@H](C)C23CC4CC(CC(C4)C2)C3)c1C. The van der Waals surface area contributed by atoms with Gasteiger partial charge in [0, 0.05) is 17.3 Å². The minimum absolute atomic E-state index is 0.0980. The zero-order chi connectivity index (χ0) is 20.9. The number of esters is 1. The summed E-state index contributed by atoms with van der Waals surface area (Å²) in [6.45, 7) is 6.75. The maximum Gasteiger partial charge on any atom is 0.355 e. The number of Topliss-reactive ketones (excluding diaryl/α,β-unsaturated/α-hetero) is 1. The van der Waals surface area contributed by atoms with Gasteiger partial charge in [-0.1, -0.05) is 0 Å². The molecule has 158 valence electrons. The van der Waals surface area contributed by atoms with Gasteiger partial charge in [-0.05, 0) is 95.0 Å². The van der Waals surface area contributed by atoms with E-state index in [4.69, 9.17) is 4.74 Å². The monoisotopic (exact) mass is 400 g/mol. The summed E-state index contributed by atoms with van der Waals surface area (Å²) >= 11 is 0. The van der Waals surface area contributed by atoms with Crippen molar-refractivity contribution in [2.24, 2.45) is 23.2 Å². The Bertz CT molecular complexity index is 818. The van der Waals surface area contributed by atoms with E-state index in [1.165, 1.54) is 45.4 Å². The molecule has 0 unspecified atom stereocenters. The Morgan fingerprint density at radius 3 is 2.14 bits per heavy atom. The van der Waals surface area contributed by atoms with Crippen LogP contribution in [0, 0.1) is 37.0 Å². The van der Waals surface area contributed by atoms with Gasteiger partial charge in [0.2, 0.25) is 0 Å². The maximum absolute atomic E-state index is 12.5. The molecule has 5 rings (SSSR count). The molecule has 0 spiro atoms. The number of hydrogen-bond acceptors (Lipinski definition) is 4. The summed E-state index contributed by atoms with van der Waals surface area (Å²) in [6.07, 6.45) is 7.76. The van der Waals surface area contributed by atoms with Crippen molar-refractivity contribution in [3.63, 3.8) is 0 Å². The number of H-pyrrole nitrogens is 1. The molecule has 0 radical (unpaired) electrons. The molecule has 4 bridgehead atoms. The predicted molar refractivity (Wildman–Crippen MR) is 109 cm³/mol. The molecular weight excluding hydrogens is 368 g/mol. The minimum Gasteiger partial charge on any atom is -0.451 e. The van der Waals surface area contributed by atoms with Gasteiger partial charge in [-0.25, -0.2) is 4.79 Å². The van der Waals surface area contributed by atoms with Crippen LogP contribution in [-0.4, -0.2) is 35.3 Å². The average molecular weight is 401 g/mol. The van der Waals surface area contributed by atoms with Gasteiger partial charge >= 0.3 is 5.97 Å². The molecule has 1 atom stereocenters. The number of aryl methyl sites for hydroxylation is 1. The Hall–Kier alpha value is -2.11. The van der Waals surface area contributed by atoms with Crippen LogP contribution in [0.5, 0.6) is 0 Å². The second-order valence-electron chi connectivity index (χ2n) is 9.83. The van der Waals surface area contributed by atoms with Gasteiger partial charge in [0.05, 0.1) is 0 Å². The molecule has 1 heterocycles. The number of carbonyl (C=O) groups excluding carboxylic acids is 3. The number of ether oxygens (including phenoxy) is 1. The van der Waals surface area contributed by atoms with Crippen LogP contribution < -0.4 is 5.32 Å². The van der Waals surface area contributed by atoms with Crippen molar-refractivity contribution < 1.29 is 19.1 Å². The summed E-state index contributed by atoms with van der Waals surface area (Å²) in [6, 6.07) is 0.0980. The van der Waals surface area contributed by atoms with E-state index < -0.39 is 5.97 Å². The van der Waals surface area contributed by atoms with Gasteiger partial charge in [0.25, 0.3) is 5.91 Å². The number of ketones is 1. The summed E-state index contributed by atoms with van der Waals surface area (Å²) in [5, 5.41) is 3.11.